The van der Waals surface area contributed by atoms with Gasteiger partial charge in [0, 0.05) is 11.8 Å². The van der Waals surface area contributed by atoms with Crippen molar-refractivity contribution in [2.24, 2.45) is 0 Å². The molecule has 0 radical (unpaired) electrons. The molecule has 0 saturated carbocycles. The lowest BCUT2D eigenvalue weighted by Crippen LogP contribution is -2.18. The fourth-order valence-corrected chi connectivity index (χ4v) is 3.80. The number of hydrogen-bond acceptors (Lipinski definition) is 3. The highest BCUT2D eigenvalue weighted by atomic mass is 32.2. The molecular weight excluding hydrogens is 258 g/mol. The fraction of sp³-hybridized carbons (Fsp3) is 0.333. The van der Waals surface area contributed by atoms with E-state index in [2.05, 4.69) is 54.0 Å². The number of thioether (sulfide) groups is 1. The van der Waals surface area contributed by atoms with Crippen LogP contribution in [0, 0.1) is 0 Å². The van der Waals surface area contributed by atoms with Crippen molar-refractivity contribution in [2.75, 3.05) is 12.8 Å². The molecule has 3 heteroatoms. The van der Waals surface area contributed by atoms with Gasteiger partial charge in [0.25, 0.3) is 0 Å². The first-order valence-electron chi connectivity index (χ1n) is 6.26. The number of hydrogen-bond donors (Lipinski definition) is 1. The van der Waals surface area contributed by atoms with Gasteiger partial charge in [-0.15, -0.1) is 23.1 Å². The third kappa shape index (κ3) is 3.61. The molecule has 0 aliphatic carbocycles. The maximum Gasteiger partial charge on any atom is 0.0599 e. The van der Waals surface area contributed by atoms with Crippen LogP contribution in [0.15, 0.2) is 46.0 Å². The molecule has 1 unspecified atom stereocenters. The first-order valence-corrected chi connectivity index (χ1v) is 8.12. The predicted molar refractivity (Wildman–Crippen MR) is 82.7 cm³/mol. The summed E-state index contributed by atoms with van der Waals surface area (Å²) in [7, 11) is 2.04. The van der Waals surface area contributed by atoms with Gasteiger partial charge in [-0.2, -0.15) is 0 Å². The Morgan fingerprint density at radius 1 is 1.22 bits per heavy atom. The average Bonchev–Trinajstić information content (AvgIpc) is 2.93. The van der Waals surface area contributed by atoms with Gasteiger partial charge in [0.05, 0.1) is 4.21 Å². The molecule has 0 aliphatic rings. The van der Waals surface area contributed by atoms with Crippen LogP contribution in [0.5, 0.6) is 0 Å². The van der Waals surface area contributed by atoms with Crippen molar-refractivity contribution < 1.29 is 0 Å². The number of nitrogens with one attached hydrogen (secondary N) is 1. The number of aryl methyl sites for hydroxylation is 1. The Kier molecular flexibility index (Phi) is 5.29. The third-order valence-corrected chi connectivity index (χ3v) is 5.25. The highest BCUT2D eigenvalue weighted by Gasteiger charge is 2.09. The molecule has 2 aromatic rings. The highest BCUT2D eigenvalue weighted by Crippen LogP contribution is 2.28. The second kappa shape index (κ2) is 6.98. The third-order valence-electron chi connectivity index (χ3n) is 3.03. The van der Waals surface area contributed by atoms with Crippen molar-refractivity contribution in [1.29, 1.82) is 0 Å². The molecule has 1 atom stereocenters. The number of thiophene rings is 1. The van der Waals surface area contributed by atoms with Crippen molar-refractivity contribution >= 4 is 23.1 Å². The summed E-state index contributed by atoms with van der Waals surface area (Å²) >= 11 is 3.73. The van der Waals surface area contributed by atoms with Crippen LogP contribution in [0.25, 0.3) is 0 Å². The van der Waals surface area contributed by atoms with Crippen LogP contribution in [-0.4, -0.2) is 12.8 Å². The Bertz CT molecular complexity index is 448. The van der Waals surface area contributed by atoms with Crippen molar-refractivity contribution in [3.8, 4) is 0 Å². The number of rotatable bonds is 6. The van der Waals surface area contributed by atoms with Gasteiger partial charge in [-0.25, -0.2) is 0 Å². The van der Waals surface area contributed by atoms with Crippen LogP contribution in [0.3, 0.4) is 0 Å². The largest absolute Gasteiger partial charge is 0.312 e. The van der Waals surface area contributed by atoms with E-state index in [1.54, 1.807) is 0 Å². The van der Waals surface area contributed by atoms with Crippen molar-refractivity contribution in [2.45, 2.75) is 23.6 Å². The summed E-state index contributed by atoms with van der Waals surface area (Å²) in [6, 6.07) is 13.7. The van der Waals surface area contributed by atoms with E-state index >= 15 is 0 Å². The molecule has 0 saturated heterocycles. The van der Waals surface area contributed by atoms with Crippen LogP contribution in [0.1, 0.15) is 24.1 Å². The Morgan fingerprint density at radius 3 is 2.56 bits per heavy atom. The Hall–Kier alpha value is -0.770. The van der Waals surface area contributed by atoms with Gasteiger partial charge in [0.15, 0.2) is 0 Å². The predicted octanol–water partition coefficient (Wildman–Crippen LogP) is 4.36. The Balaban J connectivity index is 1.98. The standard InChI is InChI=1S/C15H19NS2/c1-3-12-6-8-13(9-7-12)14(16-2)11-18-15-5-4-10-17-15/h4-10,14,16H,3,11H2,1-2H3. The van der Waals surface area contributed by atoms with Crippen LogP contribution in [-0.2, 0) is 6.42 Å². The lowest BCUT2D eigenvalue weighted by Gasteiger charge is -2.16. The monoisotopic (exact) mass is 277 g/mol. The molecule has 1 heterocycles. The lowest BCUT2D eigenvalue weighted by molar-refractivity contribution is 0.662. The molecule has 0 fully saturated rings. The second-order valence-electron chi connectivity index (χ2n) is 4.18. The lowest BCUT2D eigenvalue weighted by atomic mass is 10.1. The van der Waals surface area contributed by atoms with Crippen LogP contribution in [0.2, 0.25) is 0 Å². The molecule has 96 valence electrons. The average molecular weight is 277 g/mol. The number of benzene rings is 1. The van der Waals surface area contributed by atoms with Gasteiger partial charge in [-0.1, -0.05) is 37.3 Å². The SMILES string of the molecule is CCc1ccc(C(CSc2cccs2)NC)cc1. The maximum absolute atomic E-state index is 3.40. The summed E-state index contributed by atoms with van der Waals surface area (Å²) in [6.45, 7) is 2.19. The molecule has 1 aromatic heterocycles. The smallest absolute Gasteiger partial charge is 0.0599 e. The van der Waals surface area contributed by atoms with Gasteiger partial charge >= 0.3 is 0 Å². The first-order chi connectivity index (χ1) is 8.83. The van der Waals surface area contributed by atoms with Gasteiger partial charge < -0.3 is 5.32 Å². The summed E-state index contributed by atoms with van der Waals surface area (Å²) in [5.41, 5.74) is 2.78. The van der Waals surface area contributed by atoms with Crippen LogP contribution >= 0.6 is 23.1 Å². The van der Waals surface area contributed by atoms with Gasteiger partial charge in [-0.3, -0.25) is 0 Å². The Labute approximate surface area is 118 Å². The molecule has 0 spiro atoms. The van der Waals surface area contributed by atoms with E-state index in [9.17, 15) is 0 Å². The quantitative estimate of drug-likeness (QED) is 0.787. The minimum Gasteiger partial charge on any atom is -0.312 e. The molecule has 0 aliphatic heterocycles. The van der Waals surface area contributed by atoms with Gasteiger partial charge in [0.1, 0.15) is 0 Å². The zero-order valence-electron chi connectivity index (χ0n) is 10.8. The zero-order valence-corrected chi connectivity index (χ0v) is 12.5. The second-order valence-corrected chi connectivity index (χ2v) is 6.45. The summed E-state index contributed by atoms with van der Waals surface area (Å²) in [4.78, 5) is 0. The molecular formula is C15H19NS2. The molecule has 2 rings (SSSR count). The van der Waals surface area contributed by atoms with Gasteiger partial charge in [-0.05, 0) is 36.0 Å². The van der Waals surface area contributed by atoms with E-state index in [-0.39, 0.29) is 0 Å². The van der Waals surface area contributed by atoms with Gasteiger partial charge in [0.2, 0.25) is 0 Å². The summed E-state index contributed by atoms with van der Waals surface area (Å²) in [5, 5.41) is 5.53. The van der Waals surface area contributed by atoms with Crippen molar-refractivity contribution in [3.05, 3.63) is 52.9 Å². The summed E-state index contributed by atoms with van der Waals surface area (Å²) in [6.07, 6.45) is 1.11. The normalized spacial score (nSPS) is 12.6. The van der Waals surface area contributed by atoms with E-state index in [1.165, 1.54) is 15.3 Å². The molecule has 1 nitrogen and oxygen atoms in total. The molecule has 1 N–H and O–H groups in total. The minimum absolute atomic E-state index is 0.419. The summed E-state index contributed by atoms with van der Waals surface area (Å²) in [5.74, 6) is 1.07. The van der Waals surface area contributed by atoms with Crippen LogP contribution < -0.4 is 5.32 Å². The van der Waals surface area contributed by atoms with E-state index in [0.29, 0.717) is 6.04 Å². The summed E-state index contributed by atoms with van der Waals surface area (Å²) < 4.78 is 1.39. The highest BCUT2D eigenvalue weighted by molar-refractivity contribution is 8.01. The van der Waals surface area contributed by atoms with E-state index < -0.39 is 0 Å². The van der Waals surface area contributed by atoms with Crippen molar-refractivity contribution in [1.82, 2.24) is 5.32 Å². The van der Waals surface area contributed by atoms with E-state index in [4.69, 9.17) is 0 Å². The maximum atomic E-state index is 3.40. The fourth-order valence-electron chi connectivity index (χ4n) is 1.84. The molecule has 18 heavy (non-hydrogen) atoms. The van der Waals surface area contributed by atoms with E-state index in [0.717, 1.165) is 12.2 Å². The first kappa shape index (κ1) is 13.7. The zero-order chi connectivity index (χ0) is 12.8. The van der Waals surface area contributed by atoms with E-state index in [1.807, 2.05) is 30.1 Å². The minimum atomic E-state index is 0.419. The van der Waals surface area contributed by atoms with Crippen LogP contribution in [0.4, 0.5) is 0 Å². The topological polar surface area (TPSA) is 12.0 Å². The Morgan fingerprint density at radius 2 is 2.00 bits per heavy atom. The molecule has 0 bridgehead atoms. The van der Waals surface area contributed by atoms with Crippen molar-refractivity contribution in [3.63, 3.8) is 0 Å². The molecule has 1 aromatic carbocycles. The molecule has 0 amide bonds.